The lowest BCUT2D eigenvalue weighted by atomic mass is 9.93. The molecule has 1 aromatic rings. The molecule has 4 nitrogen and oxygen atoms in total. The third-order valence-electron chi connectivity index (χ3n) is 1.95. The Morgan fingerprint density at radius 1 is 1.57 bits per heavy atom. The zero-order valence-corrected chi connectivity index (χ0v) is 7.49. The maximum absolute atomic E-state index is 13.2. The molecule has 0 bridgehead atoms. The summed E-state index contributed by atoms with van der Waals surface area (Å²) < 4.78 is 13.2. The minimum atomic E-state index is -1.84. The highest BCUT2D eigenvalue weighted by Crippen LogP contribution is 2.24. The molecule has 0 heterocycles. The van der Waals surface area contributed by atoms with E-state index in [0.29, 0.717) is 0 Å². The predicted molar refractivity (Wildman–Crippen MR) is 47.2 cm³/mol. The smallest absolute Gasteiger partial charge is 0.328 e. The van der Waals surface area contributed by atoms with Gasteiger partial charge in [-0.2, -0.15) is 0 Å². The normalized spacial score (nSPS) is 14.8. The van der Waals surface area contributed by atoms with Gasteiger partial charge in [0.05, 0.1) is 0 Å². The number of phenolic OH excluding ortho intramolecular Hbond substituents is 1. The predicted octanol–water partition coefficient (Wildman–Crippen LogP) is 0.790. The molecule has 0 fully saturated rings. The monoisotopic (exact) mass is 199 g/mol. The lowest BCUT2D eigenvalue weighted by molar-refractivity contribution is -0.143. The molecule has 14 heavy (non-hydrogen) atoms. The van der Waals surface area contributed by atoms with Crippen LogP contribution in [0.2, 0.25) is 0 Å². The summed E-state index contributed by atoms with van der Waals surface area (Å²) in [4.78, 5) is 10.7. The van der Waals surface area contributed by atoms with Crippen molar-refractivity contribution in [3.63, 3.8) is 0 Å². The Labute approximate surface area is 79.8 Å². The van der Waals surface area contributed by atoms with Crippen LogP contribution in [0.5, 0.6) is 5.75 Å². The second-order valence-electron chi connectivity index (χ2n) is 3.17. The van der Waals surface area contributed by atoms with Gasteiger partial charge < -0.3 is 15.9 Å². The lowest BCUT2D eigenvalue weighted by Crippen LogP contribution is -2.42. The van der Waals surface area contributed by atoms with Crippen molar-refractivity contribution in [3.8, 4) is 5.75 Å². The third kappa shape index (κ3) is 1.67. The van der Waals surface area contributed by atoms with Gasteiger partial charge >= 0.3 is 5.97 Å². The Kier molecular flexibility index (Phi) is 2.44. The lowest BCUT2D eigenvalue weighted by Gasteiger charge is -2.20. The molecule has 0 aromatic heterocycles. The van der Waals surface area contributed by atoms with E-state index in [1.807, 2.05) is 0 Å². The molecule has 1 aromatic carbocycles. The molecule has 76 valence electrons. The number of nitrogens with two attached hydrogens (primary N) is 1. The minimum absolute atomic E-state index is 0.223. The van der Waals surface area contributed by atoms with Gasteiger partial charge in [-0.3, -0.25) is 0 Å². The summed E-state index contributed by atoms with van der Waals surface area (Å²) in [7, 11) is 0. The number of halogens is 1. The highest BCUT2D eigenvalue weighted by atomic mass is 19.1. The number of phenols is 1. The molecule has 4 N–H and O–H groups in total. The number of carboxylic acid groups (broad SMARTS) is 1. The Balaban J connectivity index is 3.31. The third-order valence-corrected chi connectivity index (χ3v) is 1.95. The fourth-order valence-electron chi connectivity index (χ4n) is 1.03. The minimum Gasteiger partial charge on any atom is -0.508 e. The van der Waals surface area contributed by atoms with Crippen LogP contribution < -0.4 is 5.73 Å². The van der Waals surface area contributed by atoms with Crippen LogP contribution in [0.15, 0.2) is 18.2 Å². The number of aromatic hydroxyl groups is 1. The van der Waals surface area contributed by atoms with Crippen molar-refractivity contribution < 1.29 is 19.4 Å². The molecular formula is C9H10FNO3. The maximum atomic E-state index is 13.2. The number of carbonyl (C=O) groups is 1. The first kappa shape index (κ1) is 10.5. The Bertz CT molecular complexity index is 376. The molecule has 0 spiro atoms. The first-order chi connectivity index (χ1) is 6.35. The van der Waals surface area contributed by atoms with E-state index in [1.54, 1.807) is 0 Å². The van der Waals surface area contributed by atoms with Gasteiger partial charge in [-0.25, -0.2) is 9.18 Å². The van der Waals surface area contributed by atoms with Crippen LogP contribution in [0.25, 0.3) is 0 Å². The molecule has 0 amide bonds. The summed E-state index contributed by atoms with van der Waals surface area (Å²) in [5.74, 6) is -2.34. The van der Waals surface area contributed by atoms with E-state index >= 15 is 0 Å². The van der Waals surface area contributed by atoms with Gasteiger partial charge in [-0.05, 0) is 25.1 Å². The van der Waals surface area contributed by atoms with Gasteiger partial charge in [-0.1, -0.05) is 0 Å². The molecule has 0 unspecified atom stereocenters. The van der Waals surface area contributed by atoms with E-state index in [0.717, 1.165) is 25.1 Å². The number of rotatable bonds is 2. The van der Waals surface area contributed by atoms with E-state index in [-0.39, 0.29) is 11.3 Å². The van der Waals surface area contributed by atoms with E-state index in [1.165, 1.54) is 0 Å². The molecule has 0 radical (unpaired) electrons. The molecule has 5 heteroatoms. The Hall–Kier alpha value is -1.62. The quantitative estimate of drug-likeness (QED) is 0.657. The summed E-state index contributed by atoms with van der Waals surface area (Å²) in [6, 6.07) is 3.10. The highest BCUT2D eigenvalue weighted by Gasteiger charge is 2.33. The van der Waals surface area contributed by atoms with Crippen LogP contribution in [0, 0.1) is 5.82 Å². The van der Waals surface area contributed by atoms with E-state index in [9.17, 15) is 9.18 Å². The average molecular weight is 199 g/mol. The highest BCUT2D eigenvalue weighted by molar-refractivity contribution is 5.80. The largest absolute Gasteiger partial charge is 0.508 e. The van der Waals surface area contributed by atoms with Gasteiger partial charge in [0.15, 0.2) is 0 Å². The van der Waals surface area contributed by atoms with Gasteiger partial charge in [0.25, 0.3) is 0 Å². The SMILES string of the molecule is C[C@@](N)(C(=O)O)c1cc(O)ccc1F. The summed E-state index contributed by atoms with van der Waals surface area (Å²) >= 11 is 0. The van der Waals surface area contributed by atoms with E-state index in [2.05, 4.69) is 0 Å². The van der Waals surface area contributed by atoms with Crippen molar-refractivity contribution in [2.24, 2.45) is 5.73 Å². The van der Waals surface area contributed by atoms with Crippen molar-refractivity contribution >= 4 is 5.97 Å². The number of hydrogen-bond acceptors (Lipinski definition) is 3. The van der Waals surface area contributed by atoms with Crippen molar-refractivity contribution in [3.05, 3.63) is 29.6 Å². The molecule has 1 rings (SSSR count). The number of aliphatic carboxylic acids is 1. The summed E-state index contributed by atoms with van der Waals surface area (Å²) in [5.41, 5.74) is 3.31. The molecule has 1 atom stereocenters. The number of carboxylic acids is 1. The van der Waals surface area contributed by atoms with Gasteiger partial charge in [0.1, 0.15) is 17.1 Å². The van der Waals surface area contributed by atoms with Crippen molar-refractivity contribution in [2.75, 3.05) is 0 Å². The summed E-state index contributed by atoms with van der Waals surface area (Å²) in [6.45, 7) is 1.16. The standard InChI is InChI=1S/C9H10FNO3/c1-9(11,8(13)14)6-4-5(12)2-3-7(6)10/h2-4,12H,11H2,1H3,(H,13,14)/t9-/m0/s1. The molecule has 0 aliphatic rings. The molecule has 0 aliphatic heterocycles. The van der Waals surface area contributed by atoms with Crippen LogP contribution in [-0.2, 0) is 10.3 Å². The van der Waals surface area contributed by atoms with Gasteiger partial charge in [-0.15, -0.1) is 0 Å². The van der Waals surface area contributed by atoms with Crippen molar-refractivity contribution in [1.82, 2.24) is 0 Å². The molecular weight excluding hydrogens is 189 g/mol. The van der Waals surface area contributed by atoms with Crippen LogP contribution in [0.3, 0.4) is 0 Å². The maximum Gasteiger partial charge on any atom is 0.328 e. The molecule has 0 aliphatic carbocycles. The van der Waals surface area contributed by atoms with Crippen LogP contribution in [-0.4, -0.2) is 16.2 Å². The second-order valence-corrected chi connectivity index (χ2v) is 3.17. The zero-order chi connectivity index (χ0) is 10.9. The van der Waals surface area contributed by atoms with Crippen LogP contribution in [0.1, 0.15) is 12.5 Å². The van der Waals surface area contributed by atoms with Gasteiger partial charge in [0, 0.05) is 5.56 Å². The number of hydrogen-bond donors (Lipinski definition) is 3. The fourth-order valence-corrected chi connectivity index (χ4v) is 1.03. The van der Waals surface area contributed by atoms with E-state index in [4.69, 9.17) is 15.9 Å². The zero-order valence-electron chi connectivity index (χ0n) is 7.49. The van der Waals surface area contributed by atoms with E-state index < -0.39 is 17.3 Å². The van der Waals surface area contributed by atoms with Crippen molar-refractivity contribution in [1.29, 1.82) is 0 Å². The Morgan fingerprint density at radius 3 is 2.64 bits per heavy atom. The molecule has 0 saturated heterocycles. The average Bonchev–Trinajstić information content (AvgIpc) is 2.08. The second kappa shape index (κ2) is 3.26. The summed E-state index contributed by atoms with van der Waals surface area (Å²) in [6.07, 6.45) is 0. The van der Waals surface area contributed by atoms with Crippen LogP contribution in [0.4, 0.5) is 4.39 Å². The van der Waals surface area contributed by atoms with Crippen LogP contribution >= 0.6 is 0 Å². The summed E-state index contributed by atoms with van der Waals surface area (Å²) in [5, 5.41) is 17.8. The molecule has 0 saturated carbocycles. The first-order valence-corrected chi connectivity index (χ1v) is 3.87. The Morgan fingerprint density at radius 2 is 2.14 bits per heavy atom. The number of benzene rings is 1. The van der Waals surface area contributed by atoms with Crippen molar-refractivity contribution in [2.45, 2.75) is 12.5 Å². The van der Waals surface area contributed by atoms with Gasteiger partial charge in [0.2, 0.25) is 0 Å². The topological polar surface area (TPSA) is 83.6 Å². The fraction of sp³-hybridized carbons (Fsp3) is 0.222. The first-order valence-electron chi connectivity index (χ1n) is 3.87.